The average molecular weight is 567 g/mol. The molecule has 0 bridgehead atoms. The van der Waals surface area contributed by atoms with E-state index in [9.17, 15) is 34.8 Å². The van der Waals surface area contributed by atoms with E-state index < -0.39 is 34.5 Å². The molecule has 0 atom stereocenters. The maximum atomic E-state index is 12.8. The smallest absolute Gasteiger partial charge is 0.422 e. The van der Waals surface area contributed by atoms with Crippen molar-refractivity contribution in [3.63, 3.8) is 0 Å². The van der Waals surface area contributed by atoms with Crippen LogP contribution in [-0.2, 0) is 9.84 Å². The van der Waals surface area contributed by atoms with Crippen LogP contribution in [-0.4, -0.2) is 48.9 Å². The number of rotatable bonds is 10. The van der Waals surface area contributed by atoms with E-state index in [1.54, 1.807) is 0 Å². The highest BCUT2D eigenvalue weighted by Crippen LogP contribution is 2.35. The number of nitrogens with one attached hydrogen (secondary N) is 2. The van der Waals surface area contributed by atoms with Crippen LogP contribution in [0.5, 0.6) is 5.75 Å². The van der Waals surface area contributed by atoms with E-state index >= 15 is 0 Å². The fourth-order valence-electron chi connectivity index (χ4n) is 2.83. The molecule has 1 aromatic heterocycles. The van der Waals surface area contributed by atoms with E-state index in [1.165, 1.54) is 61.8 Å². The molecule has 2 aromatic carbocycles. The van der Waals surface area contributed by atoms with Gasteiger partial charge in [-0.05, 0) is 42.5 Å². The predicted molar refractivity (Wildman–Crippen MR) is 128 cm³/mol. The highest BCUT2D eigenvalue weighted by molar-refractivity contribution is 7.99. The van der Waals surface area contributed by atoms with E-state index in [-0.39, 0.29) is 38.6 Å². The molecule has 3 aromatic rings. The Morgan fingerprint density at radius 1 is 0.892 bits per heavy atom. The minimum atomic E-state index is -4.47. The van der Waals surface area contributed by atoms with Gasteiger partial charge in [-0.2, -0.15) is 26.3 Å². The maximum Gasteiger partial charge on any atom is 0.422 e. The van der Waals surface area contributed by atoms with Gasteiger partial charge in [0.1, 0.15) is 23.7 Å². The van der Waals surface area contributed by atoms with Gasteiger partial charge in [-0.3, -0.25) is 0 Å². The van der Waals surface area contributed by atoms with E-state index in [2.05, 4.69) is 25.3 Å². The molecule has 7 nitrogen and oxygen atoms in total. The molecule has 3 rings (SSSR count). The van der Waals surface area contributed by atoms with E-state index in [0.29, 0.717) is 17.4 Å². The van der Waals surface area contributed by atoms with Crippen molar-refractivity contribution < 1.29 is 39.5 Å². The van der Waals surface area contributed by atoms with Crippen LogP contribution >= 0.6 is 11.8 Å². The molecule has 200 valence electrons. The lowest BCUT2D eigenvalue weighted by molar-refractivity contribution is -0.153. The van der Waals surface area contributed by atoms with Gasteiger partial charge in [0.05, 0.1) is 22.1 Å². The van der Waals surface area contributed by atoms with Gasteiger partial charge >= 0.3 is 12.4 Å². The van der Waals surface area contributed by atoms with Gasteiger partial charge in [0.25, 0.3) is 0 Å². The lowest BCUT2D eigenvalue weighted by Gasteiger charge is -2.15. The molecule has 1 heterocycles. The molecule has 0 saturated heterocycles. The third kappa shape index (κ3) is 9.00. The van der Waals surface area contributed by atoms with Gasteiger partial charge in [-0.1, -0.05) is 6.92 Å². The van der Waals surface area contributed by atoms with Crippen molar-refractivity contribution >= 4 is 44.6 Å². The first-order valence-electron chi connectivity index (χ1n) is 10.5. The summed E-state index contributed by atoms with van der Waals surface area (Å²) in [7, 11) is -3.63. The Bertz CT molecular complexity index is 1320. The number of aromatic nitrogens is 2. The third-order valence-electron chi connectivity index (χ3n) is 4.54. The van der Waals surface area contributed by atoms with Gasteiger partial charge < -0.3 is 15.4 Å². The highest BCUT2D eigenvalue weighted by atomic mass is 32.2. The Kier molecular flexibility index (Phi) is 8.79. The largest absolute Gasteiger partial charge is 0.484 e. The summed E-state index contributed by atoms with van der Waals surface area (Å²) in [5.41, 5.74) is 0.570. The Morgan fingerprint density at radius 3 is 2.14 bits per heavy atom. The first kappa shape index (κ1) is 28.4. The normalized spacial score (nSPS) is 12.3. The molecule has 0 spiro atoms. The zero-order chi connectivity index (χ0) is 27.3. The first-order valence-corrected chi connectivity index (χ1v) is 13.1. The second-order valence-corrected chi connectivity index (χ2v) is 10.7. The number of halogens is 6. The van der Waals surface area contributed by atoms with Crippen LogP contribution in [0.3, 0.4) is 0 Å². The van der Waals surface area contributed by atoms with Crippen LogP contribution in [0.2, 0.25) is 0 Å². The standard InChI is InChI=1S/C22H20F6N4O3S2/c1-2-37(33,34)16-7-8-18(36-12-22(26,27)28)17(9-16)32-20-10-19(29-13-30-20)31-14-3-5-15(6-4-14)35-11-21(23,24)25/h3-10,13H,2,11-12H2,1H3,(H2,29,30,31,32). The second kappa shape index (κ2) is 11.5. The lowest BCUT2D eigenvalue weighted by atomic mass is 10.3. The number of alkyl halides is 6. The summed E-state index contributed by atoms with van der Waals surface area (Å²) >= 11 is 0.490. The molecule has 2 N–H and O–H groups in total. The molecule has 0 aliphatic heterocycles. The minimum Gasteiger partial charge on any atom is -0.484 e. The van der Waals surface area contributed by atoms with E-state index in [1.807, 2.05) is 0 Å². The minimum absolute atomic E-state index is 0.0127. The number of nitrogens with zero attached hydrogens (tertiary/aromatic N) is 2. The molecule has 0 aliphatic rings. The number of hydrogen-bond acceptors (Lipinski definition) is 8. The summed E-state index contributed by atoms with van der Waals surface area (Å²) in [4.78, 5) is 8.17. The number of hydrogen-bond donors (Lipinski definition) is 2. The van der Waals surface area contributed by atoms with Crippen molar-refractivity contribution in [2.45, 2.75) is 29.1 Å². The average Bonchev–Trinajstić information content (AvgIpc) is 2.82. The molecule has 15 heteroatoms. The maximum absolute atomic E-state index is 12.8. The number of thioether (sulfide) groups is 1. The second-order valence-electron chi connectivity index (χ2n) is 7.43. The van der Waals surface area contributed by atoms with Crippen molar-refractivity contribution in [1.82, 2.24) is 9.97 Å². The van der Waals surface area contributed by atoms with Gasteiger partial charge in [0.2, 0.25) is 0 Å². The molecular formula is C22H20F6N4O3S2. The Labute approximate surface area is 212 Å². The summed E-state index contributed by atoms with van der Waals surface area (Å²) in [5.74, 6) is -0.950. The molecule has 0 unspecified atom stereocenters. The molecule has 0 fully saturated rings. The zero-order valence-corrected chi connectivity index (χ0v) is 20.7. The SMILES string of the molecule is CCS(=O)(=O)c1ccc(SCC(F)(F)F)c(Nc2cc(Nc3ccc(OCC(F)(F)F)cc3)ncn2)c1. The van der Waals surface area contributed by atoms with Gasteiger partial charge in [0.15, 0.2) is 16.4 Å². The molecule has 37 heavy (non-hydrogen) atoms. The number of benzene rings is 2. The number of anilines is 4. The van der Waals surface area contributed by atoms with E-state index in [0.717, 1.165) is 0 Å². The van der Waals surface area contributed by atoms with Crippen LogP contribution in [0, 0.1) is 0 Å². The summed E-state index contributed by atoms with van der Waals surface area (Å²) in [6, 6.07) is 10.8. The van der Waals surface area contributed by atoms with Crippen LogP contribution in [0.1, 0.15) is 6.92 Å². The van der Waals surface area contributed by atoms with Crippen LogP contribution in [0.4, 0.5) is 49.4 Å². The summed E-state index contributed by atoms with van der Waals surface area (Å²) < 4.78 is 104. The van der Waals surface area contributed by atoms with Crippen LogP contribution in [0.15, 0.2) is 64.6 Å². The number of sulfone groups is 1. The topological polar surface area (TPSA) is 93.2 Å². The molecule has 0 radical (unpaired) electrons. The number of ether oxygens (including phenoxy) is 1. The van der Waals surface area contributed by atoms with Gasteiger partial charge in [-0.25, -0.2) is 18.4 Å². The third-order valence-corrected chi connectivity index (χ3v) is 7.41. The summed E-state index contributed by atoms with van der Waals surface area (Å²) in [6.07, 6.45) is -7.73. The van der Waals surface area contributed by atoms with Crippen LogP contribution in [0.25, 0.3) is 0 Å². The predicted octanol–water partition coefficient (Wildman–Crippen LogP) is 6.35. The quantitative estimate of drug-likeness (QED) is 0.217. The Balaban J connectivity index is 1.79. The van der Waals surface area contributed by atoms with Crippen molar-refractivity contribution in [3.8, 4) is 5.75 Å². The fraction of sp³-hybridized carbons (Fsp3) is 0.273. The van der Waals surface area contributed by atoms with Crippen molar-refractivity contribution in [1.29, 1.82) is 0 Å². The van der Waals surface area contributed by atoms with Crippen molar-refractivity contribution in [2.75, 3.05) is 28.7 Å². The molecule has 0 amide bonds. The fourth-order valence-corrected chi connectivity index (χ4v) is 4.49. The Morgan fingerprint density at radius 2 is 1.54 bits per heavy atom. The molecule has 0 saturated carbocycles. The van der Waals surface area contributed by atoms with Gasteiger partial charge in [-0.15, -0.1) is 11.8 Å². The Hall–Kier alpha value is -3.20. The zero-order valence-electron chi connectivity index (χ0n) is 19.0. The van der Waals surface area contributed by atoms with Crippen molar-refractivity contribution in [3.05, 3.63) is 54.9 Å². The summed E-state index contributed by atoms with van der Waals surface area (Å²) in [5, 5.41) is 5.76. The van der Waals surface area contributed by atoms with Crippen LogP contribution < -0.4 is 15.4 Å². The van der Waals surface area contributed by atoms with Crippen molar-refractivity contribution in [2.24, 2.45) is 0 Å². The van der Waals surface area contributed by atoms with Gasteiger partial charge in [0, 0.05) is 16.6 Å². The lowest BCUT2D eigenvalue weighted by Crippen LogP contribution is -2.19. The molecule has 0 aliphatic carbocycles. The first-order chi connectivity index (χ1) is 17.2. The molecular weight excluding hydrogens is 546 g/mol. The monoisotopic (exact) mass is 566 g/mol. The highest BCUT2D eigenvalue weighted by Gasteiger charge is 2.29. The summed E-state index contributed by atoms with van der Waals surface area (Å²) in [6.45, 7) is 0.0246. The van der Waals surface area contributed by atoms with E-state index in [4.69, 9.17) is 0 Å².